The molecule has 1 heteroatoms. The molecule has 0 heterocycles. The molecule has 0 spiro atoms. The van der Waals surface area contributed by atoms with Gasteiger partial charge in [-0.05, 0) is 59.8 Å². The smallest absolute Gasteiger partial charge is 0.0234 e. The van der Waals surface area contributed by atoms with Crippen molar-refractivity contribution >= 4 is 5.57 Å². The summed E-state index contributed by atoms with van der Waals surface area (Å²) in [7, 11) is 0. The SMILES string of the molecule is CC1(C)CC(c2ccc3c(c2)CCC3)=CC(N)C1. The molecule has 18 heavy (non-hydrogen) atoms. The fourth-order valence-corrected chi connectivity index (χ4v) is 3.57. The normalized spacial score (nSPS) is 25.7. The molecule has 1 unspecified atom stereocenters. The Hall–Kier alpha value is -1.08. The van der Waals surface area contributed by atoms with Gasteiger partial charge in [0.15, 0.2) is 0 Å². The van der Waals surface area contributed by atoms with Crippen molar-refractivity contribution in [3.8, 4) is 0 Å². The number of hydrogen-bond donors (Lipinski definition) is 1. The summed E-state index contributed by atoms with van der Waals surface area (Å²) < 4.78 is 0. The Kier molecular flexibility index (Phi) is 2.82. The van der Waals surface area contributed by atoms with Crippen molar-refractivity contribution in [1.29, 1.82) is 0 Å². The fraction of sp³-hybridized carbons (Fsp3) is 0.529. The van der Waals surface area contributed by atoms with E-state index >= 15 is 0 Å². The van der Waals surface area contributed by atoms with Gasteiger partial charge in [-0.1, -0.05) is 38.1 Å². The van der Waals surface area contributed by atoms with Crippen molar-refractivity contribution < 1.29 is 0 Å². The van der Waals surface area contributed by atoms with Crippen LogP contribution in [0.5, 0.6) is 0 Å². The van der Waals surface area contributed by atoms with Crippen molar-refractivity contribution in [2.75, 3.05) is 0 Å². The molecule has 0 aromatic heterocycles. The van der Waals surface area contributed by atoms with E-state index in [0.29, 0.717) is 5.41 Å². The average Bonchev–Trinajstić information content (AvgIpc) is 2.72. The molecule has 0 aliphatic heterocycles. The summed E-state index contributed by atoms with van der Waals surface area (Å²) in [6.45, 7) is 4.65. The standard InChI is InChI=1S/C17H23N/c1-17(2)10-15(9-16(18)11-17)14-7-6-12-4-3-5-13(12)8-14/h6-9,16H,3-5,10-11,18H2,1-2H3. The van der Waals surface area contributed by atoms with Crippen molar-refractivity contribution in [1.82, 2.24) is 0 Å². The van der Waals surface area contributed by atoms with Crippen LogP contribution >= 0.6 is 0 Å². The first-order chi connectivity index (χ1) is 8.53. The molecule has 1 nitrogen and oxygen atoms in total. The van der Waals surface area contributed by atoms with E-state index in [2.05, 4.69) is 38.1 Å². The van der Waals surface area contributed by atoms with Gasteiger partial charge < -0.3 is 5.73 Å². The number of benzene rings is 1. The summed E-state index contributed by atoms with van der Waals surface area (Å²) in [6, 6.07) is 7.25. The van der Waals surface area contributed by atoms with Crippen molar-refractivity contribution in [2.45, 2.75) is 52.0 Å². The maximum atomic E-state index is 6.17. The van der Waals surface area contributed by atoms with Crippen LogP contribution in [0.1, 0.15) is 49.8 Å². The summed E-state index contributed by atoms with van der Waals surface area (Å²) in [5.74, 6) is 0. The van der Waals surface area contributed by atoms with Crippen LogP contribution in [0.2, 0.25) is 0 Å². The van der Waals surface area contributed by atoms with Gasteiger partial charge in [0, 0.05) is 6.04 Å². The molecule has 0 bridgehead atoms. The van der Waals surface area contributed by atoms with Gasteiger partial charge in [-0.25, -0.2) is 0 Å². The van der Waals surface area contributed by atoms with Crippen LogP contribution < -0.4 is 5.73 Å². The zero-order valence-corrected chi connectivity index (χ0v) is 11.5. The molecule has 2 aliphatic rings. The quantitative estimate of drug-likeness (QED) is 0.797. The minimum absolute atomic E-state index is 0.219. The maximum absolute atomic E-state index is 6.17. The van der Waals surface area contributed by atoms with E-state index in [-0.39, 0.29) is 6.04 Å². The molecule has 0 radical (unpaired) electrons. The van der Waals surface area contributed by atoms with Gasteiger partial charge in [0.25, 0.3) is 0 Å². The number of hydrogen-bond acceptors (Lipinski definition) is 1. The van der Waals surface area contributed by atoms with Gasteiger partial charge in [0.05, 0.1) is 0 Å². The van der Waals surface area contributed by atoms with Gasteiger partial charge in [0.2, 0.25) is 0 Å². The van der Waals surface area contributed by atoms with E-state index < -0.39 is 0 Å². The Morgan fingerprint density at radius 3 is 2.72 bits per heavy atom. The van der Waals surface area contributed by atoms with E-state index in [4.69, 9.17) is 5.73 Å². The second kappa shape index (κ2) is 4.24. The first kappa shape index (κ1) is 12.0. The summed E-state index contributed by atoms with van der Waals surface area (Å²) in [5, 5.41) is 0. The second-order valence-electron chi connectivity index (χ2n) is 6.74. The molecule has 1 atom stereocenters. The van der Waals surface area contributed by atoms with E-state index in [9.17, 15) is 0 Å². The zero-order valence-electron chi connectivity index (χ0n) is 11.5. The molecular formula is C17H23N. The first-order valence-electron chi connectivity index (χ1n) is 7.12. The summed E-state index contributed by atoms with van der Waals surface area (Å²) in [4.78, 5) is 0. The molecule has 0 saturated heterocycles. The Bertz CT molecular complexity index is 496. The third kappa shape index (κ3) is 2.24. The van der Waals surface area contributed by atoms with Crippen LogP contribution in [-0.2, 0) is 12.8 Å². The highest BCUT2D eigenvalue weighted by atomic mass is 14.6. The predicted octanol–water partition coefficient (Wildman–Crippen LogP) is 3.71. The minimum atomic E-state index is 0.219. The third-order valence-electron chi connectivity index (χ3n) is 4.34. The highest BCUT2D eigenvalue weighted by Crippen LogP contribution is 2.39. The molecule has 96 valence electrons. The molecule has 2 aliphatic carbocycles. The van der Waals surface area contributed by atoms with Gasteiger partial charge in [-0.3, -0.25) is 0 Å². The van der Waals surface area contributed by atoms with Crippen LogP contribution in [-0.4, -0.2) is 6.04 Å². The predicted molar refractivity (Wildman–Crippen MR) is 77.4 cm³/mol. The lowest BCUT2D eigenvalue weighted by atomic mass is 9.74. The van der Waals surface area contributed by atoms with E-state index in [0.717, 1.165) is 12.8 Å². The topological polar surface area (TPSA) is 26.0 Å². The molecule has 0 saturated carbocycles. The summed E-state index contributed by atoms with van der Waals surface area (Å²) in [5.41, 5.74) is 12.5. The zero-order chi connectivity index (χ0) is 12.8. The van der Waals surface area contributed by atoms with Gasteiger partial charge >= 0.3 is 0 Å². The van der Waals surface area contributed by atoms with E-state index in [1.807, 2.05) is 0 Å². The number of aryl methyl sites for hydroxylation is 2. The van der Waals surface area contributed by atoms with Crippen molar-refractivity contribution in [3.63, 3.8) is 0 Å². The molecule has 1 aromatic rings. The molecular weight excluding hydrogens is 218 g/mol. The Balaban J connectivity index is 1.95. The monoisotopic (exact) mass is 241 g/mol. The number of rotatable bonds is 1. The van der Waals surface area contributed by atoms with Crippen molar-refractivity contribution in [2.24, 2.45) is 11.1 Å². The van der Waals surface area contributed by atoms with E-state index in [1.54, 1.807) is 11.1 Å². The van der Waals surface area contributed by atoms with Crippen LogP contribution in [0, 0.1) is 5.41 Å². The molecule has 0 amide bonds. The minimum Gasteiger partial charge on any atom is -0.324 e. The van der Waals surface area contributed by atoms with E-state index in [1.165, 1.54) is 30.4 Å². The average molecular weight is 241 g/mol. The first-order valence-corrected chi connectivity index (χ1v) is 7.12. The lowest BCUT2D eigenvalue weighted by Crippen LogP contribution is -2.30. The Morgan fingerprint density at radius 2 is 1.94 bits per heavy atom. The third-order valence-corrected chi connectivity index (χ3v) is 4.34. The second-order valence-corrected chi connectivity index (χ2v) is 6.74. The van der Waals surface area contributed by atoms with Gasteiger partial charge in [-0.15, -0.1) is 0 Å². The Morgan fingerprint density at radius 1 is 1.17 bits per heavy atom. The van der Waals surface area contributed by atoms with Crippen molar-refractivity contribution in [3.05, 3.63) is 41.0 Å². The Labute approximate surface area is 110 Å². The molecule has 3 rings (SSSR count). The van der Waals surface area contributed by atoms with Gasteiger partial charge in [0.1, 0.15) is 0 Å². The highest BCUT2D eigenvalue weighted by molar-refractivity contribution is 5.68. The lowest BCUT2D eigenvalue weighted by Gasteiger charge is -2.33. The molecule has 1 aromatic carbocycles. The number of allylic oxidation sites excluding steroid dienone is 1. The summed E-state index contributed by atoms with van der Waals surface area (Å²) >= 11 is 0. The summed E-state index contributed by atoms with van der Waals surface area (Å²) in [6.07, 6.45) is 8.37. The van der Waals surface area contributed by atoms with Crippen LogP contribution in [0.4, 0.5) is 0 Å². The largest absolute Gasteiger partial charge is 0.324 e. The van der Waals surface area contributed by atoms with Crippen LogP contribution in [0.25, 0.3) is 5.57 Å². The van der Waals surface area contributed by atoms with Crippen LogP contribution in [0.15, 0.2) is 24.3 Å². The fourth-order valence-electron chi connectivity index (χ4n) is 3.57. The van der Waals surface area contributed by atoms with Gasteiger partial charge in [-0.2, -0.15) is 0 Å². The lowest BCUT2D eigenvalue weighted by molar-refractivity contribution is 0.319. The number of nitrogens with two attached hydrogens (primary N) is 1. The highest BCUT2D eigenvalue weighted by Gasteiger charge is 2.27. The van der Waals surface area contributed by atoms with Crippen LogP contribution in [0.3, 0.4) is 0 Å². The number of fused-ring (bicyclic) bond motifs is 1. The molecule has 2 N–H and O–H groups in total. The molecule has 0 fully saturated rings. The maximum Gasteiger partial charge on any atom is 0.0234 e.